The third kappa shape index (κ3) is 5.35. The summed E-state index contributed by atoms with van der Waals surface area (Å²) in [5.41, 5.74) is 7.28. The van der Waals surface area contributed by atoms with Gasteiger partial charge in [0.25, 0.3) is 0 Å². The number of hydrogen-bond donors (Lipinski definition) is 2. The lowest BCUT2D eigenvalue weighted by Gasteiger charge is -2.30. The molecule has 184 valence electrons. The van der Waals surface area contributed by atoms with Gasteiger partial charge in [-0.25, -0.2) is 15.0 Å². The zero-order valence-corrected chi connectivity index (χ0v) is 20.0. The fourth-order valence-electron chi connectivity index (χ4n) is 4.51. The Morgan fingerprint density at radius 1 is 1.06 bits per heavy atom. The fraction of sp³-hybridized carbons (Fsp3) is 0.560. The Hall–Kier alpha value is -2.68. The summed E-state index contributed by atoms with van der Waals surface area (Å²) in [6.45, 7) is 7.24. The molecule has 4 rings (SSSR count). The average molecular weight is 475 g/mol. The first kappa shape index (κ1) is 24.4. The van der Waals surface area contributed by atoms with E-state index >= 15 is 0 Å². The number of benzene rings is 1. The Morgan fingerprint density at radius 3 is 2.32 bits per heavy atom. The molecule has 1 aliphatic rings. The molecule has 3 N–H and O–H groups in total. The Bertz CT molecular complexity index is 1110. The van der Waals surface area contributed by atoms with Crippen LogP contribution in [-0.4, -0.2) is 26.1 Å². The van der Waals surface area contributed by atoms with Gasteiger partial charge in [0.15, 0.2) is 5.65 Å². The smallest absolute Gasteiger partial charge is 0.330 e. The van der Waals surface area contributed by atoms with Crippen LogP contribution < -0.4 is 11.1 Å². The number of alkyl halides is 3. The topological polar surface area (TPSA) is 81.7 Å². The molecule has 1 saturated carbocycles. The summed E-state index contributed by atoms with van der Waals surface area (Å²) in [5.74, 6) is 1.87. The Morgan fingerprint density at radius 2 is 1.74 bits per heavy atom. The zero-order chi connectivity index (χ0) is 24.5. The van der Waals surface area contributed by atoms with Gasteiger partial charge >= 0.3 is 6.18 Å². The third-order valence-electron chi connectivity index (χ3n) is 7.06. The van der Waals surface area contributed by atoms with Crippen LogP contribution in [0.15, 0.2) is 30.5 Å². The normalized spacial score (nSPS) is 19.5. The molecule has 6 nitrogen and oxygen atoms in total. The summed E-state index contributed by atoms with van der Waals surface area (Å²) in [5, 5.41) is 3.23. The maximum Gasteiger partial charge on any atom is 0.416 e. The first-order valence-electron chi connectivity index (χ1n) is 12.0. The van der Waals surface area contributed by atoms with Gasteiger partial charge in [0.05, 0.1) is 11.8 Å². The largest absolute Gasteiger partial charge is 0.416 e. The molecule has 0 atom stereocenters. The number of aromatic nitrogens is 4. The minimum absolute atomic E-state index is 0.0824. The number of anilines is 2. The summed E-state index contributed by atoms with van der Waals surface area (Å²) < 4.78 is 41.0. The van der Waals surface area contributed by atoms with E-state index in [1.54, 1.807) is 6.20 Å². The summed E-state index contributed by atoms with van der Waals surface area (Å²) in [6.07, 6.45) is 3.12. The number of halogens is 3. The highest BCUT2D eigenvalue weighted by atomic mass is 19.4. The van der Waals surface area contributed by atoms with Gasteiger partial charge in [-0.15, -0.1) is 0 Å². The van der Waals surface area contributed by atoms with Gasteiger partial charge in [0, 0.05) is 18.2 Å². The van der Waals surface area contributed by atoms with Gasteiger partial charge in [-0.2, -0.15) is 13.2 Å². The van der Waals surface area contributed by atoms with E-state index in [-0.39, 0.29) is 11.5 Å². The maximum absolute atomic E-state index is 13.0. The molecule has 34 heavy (non-hydrogen) atoms. The predicted octanol–water partition coefficient (Wildman–Crippen LogP) is 6.26. The molecule has 0 saturated heterocycles. The lowest BCUT2D eigenvalue weighted by Crippen LogP contribution is -2.24. The molecule has 0 spiro atoms. The molecule has 0 aliphatic heterocycles. The van der Waals surface area contributed by atoms with E-state index in [1.807, 2.05) is 0 Å². The number of nitrogens with zero attached hydrogens (tertiary/aromatic N) is 4. The standard InChI is InChI=1S/C25H33F3N6/c1-4-24(2,3)13-21-30-15-20-22(33-21)34(19-11-5-16(14-29)6-12-19)23(32-20)31-18-9-7-17(8-10-18)25(26,27)28/h7-10,15-16,19H,4-6,11-14,29H2,1-3H3,(H,31,32). The fourth-order valence-corrected chi connectivity index (χ4v) is 4.51. The SMILES string of the molecule is CCC(C)(C)Cc1ncc2nc(Nc3ccc(C(F)(F)F)cc3)n(C3CCC(CN)CC3)c2n1. The lowest BCUT2D eigenvalue weighted by atomic mass is 9.86. The zero-order valence-electron chi connectivity index (χ0n) is 20.0. The van der Waals surface area contributed by atoms with Crippen molar-refractivity contribution in [2.45, 2.75) is 71.5 Å². The molecule has 2 heterocycles. The van der Waals surface area contributed by atoms with Gasteiger partial charge < -0.3 is 11.1 Å². The van der Waals surface area contributed by atoms with Gasteiger partial charge in [-0.05, 0) is 67.8 Å². The monoisotopic (exact) mass is 474 g/mol. The average Bonchev–Trinajstić information content (AvgIpc) is 3.15. The number of nitrogens with one attached hydrogen (secondary N) is 1. The van der Waals surface area contributed by atoms with Crippen LogP contribution in [0.2, 0.25) is 0 Å². The van der Waals surface area contributed by atoms with Crippen molar-refractivity contribution in [3.8, 4) is 0 Å². The third-order valence-corrected chi connectivity index (χ3v) is 7.06. The first-order valence-corrected chi connectivity index (χ1v) is 12.0. The highest BCUT2D eigenvalue weighted by molar-refractivity contribution is 5.75. The molecule has 1 aliphatic carbocycles. The van der Waals surface area contributed by atoms with Crippen LogP contribution in [0.5, 0.6) is 0 Å². The molecular weight excluding hydrogens is 441 g/mol. The van der Waals surface area contributed by atoms with Crippen LogP contribution >= 0.6 is 0 Å². The van der Waals surface area contributed by atoms with Crippen LogP contribution in [0.1, 0.15) is 70.3 Å². The summed E-state index contributed by atoms with van der Waals surface area (Å²) in [4.78, 5) is 14.2. The number of nitrogens with two attached hydrogens (primary N) is 1. The minimum atomic E-state index is -4.37. The summed E-state index contributed by atoms with van der Waals surface area (Å²) in [7, 11) is 0. The van der Waals surface area contributed by atoms with E-state index in [9.17, 15) is 13.2 Å². The Balaban J connectivity index is 1.71. The van der Waals surface area contributed by atoms with E-state index in [1.165, 1.54) is 12.1 Å². The van der Waals surface area contributed by atoms with Gasteiger partial charge in [0.1, 0.15) is 11.3 Å². The minimum Gasteiger partial charge on any atom is -0.330 e. The molecule has 2 aromatic heterocycles. The Kier molecular flexibility index (Phi) is 6.85. The molecule has 1 fully saturated rings. The van der Waals surface area contributed by atoms with Crippen molar-refractivity contribution >= 4 is 22.8 Å². The molecule has 0 unspecified atom stereocenters. The van der Waals surface area contributed by atoms with E-state index < -0.39 is 11.7 Å². The van der Waals surface area contributed by atoms with Crippen molar-refractivity contribution in [2.75, 3.05) is 11.9 Å². The van der Waals surface area contributed by atoms with E-state index in [0.717, 1.165) is 62.1 Å². The van der Waals surface area contributed by atoms with Gasteiger partial charge in [-0.1, -0.05) is 27.2 Å². The molecular formula is C25H33F3N6. The van der Waals surface area contributed by atoms with Crippen molar-refractivity contribution in [2.24, 2.45) is 17.1 Å². The van der Waals surface area contributed by atoms with Crippen molar-refractivity contribution in [3.63, 3.8) is 0 Å². The maximum atomic E-state index is 13.0. The second-order valence-electron chi connectivity index (χ2n) is 10.1. The lowest BCUT2D eigenvalue weighted by molar-refractivity contribution is -0.137. The predicted molar refractivity (Wildman–Crippen MR) is 128 cm³/mol. The van der Waals surface area contributed by atoms with Crippen LogP contribution in [0.3, 0.4) is 0 Å². The van der Waals surface area contributed by atoms with Crippen molar-refractivity contribution in [3.05, 3.63) is 41.9 Å². The number of rotatable bonds is 7. The van der Waals surface area contributed by atoms with Gasteiger partial charge in [-0.3, -0.25) is 4.57 Å². The summed E-state index contributed by atoms with van der Waals surface area (Å²) in [6, 6.07) is 5.20. The number of imidazole rings is 1. The highest BCUT2D eigenvalue weighted by Crippen LogP contribution is 2.37. The van der Waals surface area contributed by atoms with Crippen LogP contribution in [0, 0.1) is 11.3 Å². The van der Waals surface area contributed by atoms with E-state index in [0.29, 0.717) is 29.6 Å². The van der Waals surface area contributed by atoms with Crippen molar-refractivity contribution in [1.29, 1.82) is 0 Å². The summed E-state index contributed by atoms with van der Waals surface area (Å²) >= 11 is 0. The highest BCUT2D eigenvalue weighted by Gasteiger charge is 2.30. The van der Waals surface area contributed by atoms with E-state index in [4.69, 9.17) is 15.7 Å². The molecule has 0 amide bonds. The van der Waals surface area contributed by atoms with Crippen LogP contribution in [0.4, 0.5) is 24.8 Å². The van der Waals surface area contributed by atoms with Crippen LogP contribution in [0.25, 0.3) is 11.2 Å². The molecule has 3 aromatic rings. The Labute approximate surface area is 198 Å². The first-order chi connectivity index (χ1) is 16.1. The second kappa shape index (κ2) is 9.52. The van der Waals surface area contributed by atoms with Gasteiger partial charge in [0.2, 0.25) is 5.95 Å². The van der Waals surface area contributed by atoms with Crippen molar-refractivity contribution < 1.29 is 13.2 Å². The van der Waals surface area contributed by atoms with Crippen LogP contribution in [-0.2, 0) is 12.6 Å². The number of fused-ring (bicyclic) bond motifs is 1. The molecule has 0 radical (unpaired) electrons. The molecule has 0 bridgehead atoms. The van der Waals surface area contributed by atoms with Crippen molar-refractivity contribution in [1.82, 2.24) is 19.5 Å². The molecule has 9 heteroatoms. The molecule has 1 aromatic carbocycles. The number of hydrogen-bond acceptors (Lipinski definition) is 5. The van der Waals surface area contributed by atoms with E-state index in [2.05, 4.69) is 35.6 Å². The second-order valence-corrected chi connectivity index (χ2v) is 10.1. The quantitative estimate of drug-likeness (QED) is 0.423.